The van der Waals surface area contributed by atoms with Crippen LogP contribution in [0.2, 0.25) is 0 Å². The minimum atomic E-state index is -0.325. The van der Waals surface area contributed by atoms with Crippen LogP contribution in [0.5, 0.6) is 0 Å². The zero-order chi connectivity index (χ0) is 12.3. The summed E-state index contributed by atoms with van der Waals surface area (Å²) in [7, 11) is 0. The summed E-state index contributed by atoms with van der Waals surface area (Å²) in [5.41, 5.74) is 0. The molecular formula is C14H28NO2+. The predicted molar refractivity (Wildman–Crippen MR) is 68.1 cm³/mol. The average molecular weight is 242 g/mol. The standard InChI is InChI=1S/C14H27NO2/c1-12(2)9-14(3)16-11-13(17-14)10-15-7-5-4-6-8-15/h12-13H,4-11H2,1-3H3/p+1. The van der Waals surface area contributed by atoms with E-state index in [1.807, 2.05) is 0 Å². The summed E-state index contributed by atoms with van der Waals surface area (Å²) in [6, 6.07) is 0. The van der Waals surface area contributed by atoms with E-state index in [1.54, 1.807) is 4.90 Å². The summed E-state index contributed by atoms with van der Waals surface area (Å²) in [5, 5.41) is 0. The number of rotatable bonds is 4. The summed E-state index contributed by atoms with van der Waals surface area (Å²) in [6.45, 7) is 11.1. The molecule has 2 atom stereocenters. The summed E-state index contributed by atoms with van der Waals surface area (Å²) in [4.78, 5) is 1.71. The fraction of sp³-hybridized carbons (Fsp3) is 1.00. The first kappa shape index (κ1) is 13.3. The Bertz CT molecular complexity index is 238. The Hall–Kier alpha value is -0.120. The monoisotopic (exact) mass is 242 g/mol. The van der Waals surface area contributed by atoms with Crippen molar-refractivity contribution in [1.29, 1.82) is 0 Å². The quantitative estimate of drug-likeness (QED) is 0.801. The maximum absolute atomic E-state index is 6.12. The molecule has 0 amide bonds. The third kappa shape index (κ3) is 3.94. The molecule has 2 aliphatic rings. The Morgan fingerprint density at radius 3 is 2.59 bits per heavy atom. The van der Waals surface area contributed by atoms with Gasteiger partial charge in [-0.3, -0.25) is 0 Å². The number of quaternary nitrogens is 1. The minimum Gasteiger partial charge on any atom is -0.347 e. The van der Waals surface area contributed by atoms with Crippen LogP contribution < -0.4 is 4.90 Å². The fourth-order valence-corrected chi connectivity index (χ4v) is 3.22. The number of ether oxygens (including phenoxy) is 2. The Labute approximate surface area is 105 Å². The first-order chi connectivity index (χ1) is 8.07. The van der Waals surface area contributed by atoms with Gasteiger partial charge < -0.3 is 14.4 Å². The molecule has 17 heavy (non-hydrogen) atoms. The summed E-state index contributed by atoms with van der Waals surface area (Å²) in [5.74, 6) is 0.301. The lowest BCUT2D eigenvalue weighted by Crippen LogP contribution is -3.13. The highest BCUT2D eigenvalue weighted by atomic mass is 16.7. The molecule has 2 heterocycles. The van der Waals surface area contributed by atoms with Crippen LogP contribution in [0.15, 0.2) is 0 Å². The van der Waals surface area contributed by atoms with E-state index >= 15 is 0 Å². The average Bonchev–Trinajstić information content (AvgIpc) is 2.60. The third-order valence-corrected chi connectivity index (χ3v) is 3.85. The van der Waals surface area contributed by atoms with Crippen LogP contribution in [0.3, 0.4) is 0 Å². The van der Waals surface area contributed by atoms with Gasteiger partial charge in [0.25, 0.3) is 0 Å². The number of hydrogen-bond acceptors (Lipinski definition) is 2. The van der Waals surface area contributed by atoms with Gasteiger partial charge in [-0.1, -0.05) is 13.8 Å². The molecule has 2 aliphatic heterocycles. The van der Waals surface area contributed by atoms with Crippen LogP contribution in [0.1, 0.15) is 46.5 Å². The van der Waals surface area contributed by atoms with Crippen LogP contribution in [-0.4, -0.2) is 38.1 Å². The van der Waals surface area contributed by atoms with E-state index in [2.05, 4.69) is 20.8 Å². The molecule has 2 fully saturated rings. The summed E-state index contributed by atoms with van der Waals surface area (Å²) < 4.78 is 12.0. The number of likely N-dealkylation sites (tertiary alicyclic amines) is 1. The van der Waals surface area contributed by atoms with Crippen LogP contribution in [0.4, 0.5) is 0 Å². The lowest BCUT2D eigenvalue weighted by atomic mass is 10.0. The lowest BCUT2D eigenvalue weighted by molar-refractivity contribution is -0.907. The smallest absolute Gasteiger partial charge is 0.166 e. The van der Waals surface area contributed by atoms with Gasteiger partial charge in [0, 0.05) is 6.42 Å². The molecule has 3 nitrogen and oxygen atoms in total. The van der Waals surface area contributed by atoms with Gasteiger partial charge in [-0.15, -0.1) is 0 Å². The number of nitrogens with one attached hydrogen (secondary N) is 1. The molecular weight excluding hydrogens is 214 g/mol. The Kier molecular flexibility index (Phi) is 4.45. The maximum Gasteiger partial charge on any atom is 0.166 e. The highest BCUT2D eigenvalue weighted by molar-refractivity contribution is 4.75. The molecule has 0 radical (unpaired) electrons. The van der Waals surface area contributed by atoms with Crippen molar-refractivity contribution in [2.45, 2.75) is 58.3 Å². The van der Waals surface area contributed by atoms with Crippen LogP contribution in [-0.2, 0) is 9.47 Å². The van der Waals surface area contributed by atoms with Crippen molar-refractivity contribution in [3.05, 3.63) is 0 Å². The Morgan fingerprint density at radius 2 is 1.94 bits per heavy atom. The van der Waals surface area contributed by atoms with Gasteiger partial charge in [0.15, 0.2) is 5.79 Å². The minimum absolute atomic E-state index is 0.312. The molecule has 0 spiro atoms. The van der Waals surface area contributed by atoms with E-state index in [1.165, 1.54) is 32.4 Å². The Balaban J connectivity index is 1.76. The van der Waals surface area contributed by atoms with Crippen LogP contribution in [0, 0.1) is 5.92 Å². The first-order valence-electron chi connectivity index (χ1n) is 7.23. The largest absolute Gasteiger partial charge is 0.347 e. The molecule has 2 unspecified atom stereocenters. The van der Waals surface area contributed by atoms with Crippen molar-refractivity contribution in [3.8, 4) is 0 Å². The normalized spacial score (nSPS) is 35.6. The van der Waals surface area contributed by atoms with Gasteiger partial charge in [-0.25, -0.2) is 0 Å². The highest BCUT2D eigenvalue weighted by Gasteiger charge is 2.39. The van der Waals surface area contributed by atoms with Gasteiger partial charge in [0.1, 0.15) is 12.6 Å². The van der Waals surface area contributed by atoms with E-state index < -0.39 is 0 Å². The molecule has 0 aromatic carbocycles. The molecule has 3 heteroatoms. The molecule has 0 aromatic heterocycles. The van der Waals surface area contributed by atoms with Crippen molar-refractivity contribution in [2.75, 3.05) is 26.2 Å². The van der Waals surface area contributed by atoms with Gasteiger partial charge in [0.05, 0.1) is 19.7 Å². The van der Waals surface area contributed by atoms with E-state index in [0.717, 1.165) is 19.6 Å². The van der Waals surface area contributed by atoms with Crippen molar-refractivity contribution < 1.29 is 14.4 Å². The summed E-state index contributed by atoms with van der Waals surface area (Å²) >= 11 is 0. The predicted octanol–water partition coefficient (Wildman–Crippen LogP) is 1.23. The second kappa shape index (κ2) is 5.68. The van der Waals surface area contributed by atoms with E-state index in [0.29, 0.717) is 12.0 Å². The zero-order valence-electron chi connectivity index (χ0n) is 11.6. The molecule has 2 rings (SSSR count). The molecule has 1 N–H and O–H groups in total. The number of piperidine rings is 1. The highest BCUT2D eigenvalue weighted by Crippen LogP contribution is 2.29. The first-order valence-corrected chi connectivity index (χ1v) is 7.23. The van der Waals surface area contributed by atoms with Crippen molar-refractivity contribution >= 4 is 0 Å². The fourth-order valence-electron chi connectivity index (χ4n) is 3.22. The summed E-state index contributed by atoms with van der Waals surface area (Å²) in [6.07, 6.45) is 5.49. The molecule has 0 bridgehead atoms. The molecule has 0 aliphatic carbocycles. The van der Waals surface area contributed by atoms with Gasteiger partial charge in [0.2, 0.25) is 0 Å². The van der Waals surface area contributed by atoms with E-state index in [4.69, 9.17) is 9.47 Å². The number of hydrogen-bond donors (Lipinski definition) is 1. The maximum atomic E-state index is 6.12. The van der Waals surface area contributed by atoms with Crippen LogP contribution in [0.25, 0.3) is 0 Å². The Morgan fingerprint density at radius 1 is 1.24 bits per heavy atom. The molecule has 2 saturated heterocycles. The topological polar surface area (TPSA) is 22.9 Å². The van der Waals surface area contributed by atoms with Crippen molar-refractivity contribution in [1.82, 2.24) is 0 Å². The van der Waals surface area contributed by atoms with E-state index in [9.17, 15) is 0 Å². The van der Waals surface area contributed by atoms with Gasteiger partial charge in [-0.2, -0.15) is 0 Å². The van der Waals surface area contributed by atoms with Gasteiger partial charge >= 0.3 is 0 Å². The molecule has 100 valence electrons. The lowest BCUT2D eigenvalue weighted by Gasteiger charge is -2.27. The zero-order valence-corrected chi connectivity index (χ0v) is 11.6. The van der Waals surface area contributed by atoms with Crippen molar-refractivity contribution in [3.63, 3.8) is 0 Å². The van der Waals surface area contributed by atoms with E-state index in [-0.39, 0.29) is 5.79 Å². The SMILES string of the molecule is CC(C)CC1(C)OCC(C[NH+]2CCCCC2)O1. The second-order valence-corrected chi connectivity index (χ2v) is 6.30. The second-order valence-electron chi connectivity index (χ2n) is 6.30. The van der Waals surface area contributed by atoms with Crippen molar-refractivity contribution in [2.24, 2.45) is 5.92 Å². The molecule has 0 saturated carbocycles. The van der Waals surface area contributed by atoms with Crippen LogP contribution >= 0.6 is 0 Å². The molecule has 0 aromatic rings. The third-order valence-electron chi connectivity index (χ3n) is 3.85. The van der Waals surface area contributed by atoms with Gasteiger partial charge in [-0.05, 0) is 32.1 Å².